The number of carbonyl (C=O) groups is 2. The van der Waals surface area contributed by atoms with Crippen molar-refractivity contribution in [2.24, 2.45) is 5.92 Å². The van der Waals surface area contributed by atoms with Crippen LogP contribution in [0.1, 0.15) is 39.5 Å². The summed E-state index contributed by atoms with van der Waals surface area (Å²) in [6.07, 6.45) is 1.91. The van der Waals surface area contributed by atoms with Crippen molar-refractivity contribution in [3.8, 4) is 0 Å². The number of rotatable bonds is 7. The molecule has 0 aliphatic rings. The molecule has 0 aromatic carbocycles. The van der Waals surface area contributed by atoms with Crippen LogP contribution in [-0.4, -0.2) is 23.7 Å². The number of aliphatic carboxylic acids is 1. The summed E-state index contributed by atoms with van der Waals surface area (Å²) >= 11 is 0. The molecule has 0 aliphatic heterocycles. The lowest BCUT2D eigenvalue weighted by Gasteiger charge is -2.12. The van der Waals surface area contributed by atoms with Crippen molar-refractivity contribution in [1.82, 2.24) is 0 Å². The Bertz CT molecular complexity index is 189. The predicted molar refractivity (Wildman–Crippen MR) is 51.9 cm³/mol. The van der Waals surface area contributed by atoms with Crippen LogP contribution in [-0.2, 0) is 14.3 Å². The molecule has 0 heterocycles. The molecule has 14 heavy (non-hydrogen) atoms. The summed E-state index contributed by atoms with van der Waals surface area (Å²) < 4.78 is 4.77. The summed E-state index contributed by atoms with van der Waals surface area (Å²) in [5, 5.41) is 8.60. The van der Waals surface area contributed by atoms with Crippen LogP contribution in [0.3, 0.4) is 0 Å². The zero-order valence-corrected chi connectivity index (χ0v) is 8.78. The molecule has 4 heteroatoms. The van der Waals surface area contributed by atoms with Gasteiger partial charge >= 0.3 is 11.9 Å². The van der Waals surface area contributed by atoms with E-state index in [1.807, 2.05) is 6.92 Å². The number of hydrogen-bond acceptors (Lipinski definition) is 3. The van der Waals surface area contributed by atoms with Crippen LogP contribution in [0.5, 0.6) is 0 Å². The van der Waals surface area contributed by atoms with Crippen molar-refractivity contribution in [3.63, 3.8) is 0 Å². The van der Waals surface area contributed by atoms with Crippen LogP contribution in [0.4, 0.5) is 0 Å². The number of ether oxygens (including phenoxy) is 1. The van der Waals surface area contributed by atoms with Gasteiger partial charge in [-0.2, -0.15) is 0 Å². The second kappa shape index (κ2) is 7.35. The zero-order chi connectivity index (χ0) is 11.0. The predicted octanol–water partition coefficient (Wildman–Crippen LogP) is 1.83. The van der Waals surface area contributed by atoms with Gasteiger partial charge in [-0.15, -0.1) is 0 Å². The van der Waals surface area contributed by atoms with Crippen LogP contribution in [0.15, 0.2) is 0 Å². The van der Waals surface area contributed by atoms with Gasteiger partial charge in [0.1, 0.15) is 0 Å². The van der Waals surface area contributed by atoms with E-state index < -0.39 is 5.97 Å². The Balaban J connectivity index is 3.94. The Morgan fingerprint density at radius 3 is 2.36 bits per heavy atom. The van der Waals surface area contributed by atoms with Crippen LogP contribution in [0.25, 0.3) is 0 Å². The normalized spacial score (nSPS) is 12.1. The minimum absolute atomic E-state index is 0.0483. The molecule has 0 radical (unpaired) electrons. The maximum Gasteiger partial charge on any atom is 0.306 e. The maximum atomic E-state index is 11.1. The van der Waals surface area contributed by atoms with E-state index in [9.17, 15) is 9.59 Å². The molecule has 0 aliphatic carbocycles. The van der Waals surface area contributed by atoms with E-state index in [4.69, 9.17) is 9.84 Å². The van der Waals surface area contributed by atoms with Gasteiger partial charge in [-0.3, -0.25) is 9.59 Å². The van der Waals surface area contributed by atoms with E-state index in [0.29, 0.717) is 6.61 Å². The lowest BCUT2D eigenvalue weighted by Crippen LogP contribution is -2.14. The molecule has 0 spiro atoms. The SMILES string of the molecule is CCCC(CC(=O)O)CC(=O)OCC. The molecule has 0 saturated heterocycles. The first kappa shape index (κ1) is 12.9. The summed E-state index contributed by atoms with van der Waals surface area (Å²) in [6.45, 7) is 4.06. The summed E-state index contributed by atoms with van der Waals surface area (Å²) in [7, 11) is 0. The van der Waals surface area contributed by atoms with Gasteiger partial charge in [-0.25, -0.2) is 0 Å². The number of carbonyl (C=O) groups excluding carboxylic acids is 1. The maximum absolute atomic E-state index is 11.1. The van der Waals surface area contributed by atoms with E-state index in [-0.39, 0.29) is 24.7 Å². The van der Waals surface area contributed by atoms with Crippen molar-refractivity contribution in [2.45, 2.75) is 39.5 Å². The van der Waals surface area contributed by atoms with Gasteiger partial charge in [0.2, 0.25) is 0 Å². The third-order valence-electron chi connectivity index (χ3n) is 1.92. The minimum atomic E-state index is -0.854. The van der Waals surface area contributed by atoms with E-state index in [0.717, 1.165) is 12.8 Å². The van der Waals surface area contributed by atoms with E-state index in [1.165, 1.54) is 0 Å². The summed E-state index contributed by atoms with van der Waals surface area (Å²) in [4.78, 5) is 21.6. The largest absolute Gasteiger partial charge is 0.481 e. The lowest BCUT2D eigenvalue weighted by atomic mass is 9.96. The van der Waals surface area contributed by atoms with Crippen molar-refractivity contribution in [2.75, 3.05) is 6.61 Å². The second-order valence-corrected chi connectivity index (χ2v) is 3.26. The van der Waals surface area contributed by atoms with Gasteiger partial charge < -0.3 is 9.84 Å². The number of carboxylic acid groups (broad SMARTS) is 1. The third-order valence-corrected chi connectivity index (χ3v) is 1.92. The van der Waals surface area contributed by atoms with E-state index >= 15 is 0 Å². The minimum Gasteiger partial charge on any atom is -0.481 e. The van der Waals surface area contributed by atoms with Gasteiger partial charge in [0.05, 0.1) is 6.61 Å². The first-order valence-electron chi connectivity index (χ1n) is 4.97. The van der Waals surface area contributed by atoms with Crippen molar-refractivity contribution < 1.29 is 19.4 Å². The molecule has 0 amide bonds. The lowest BCUT2D eigenvalue weighted by molar-refractivity contribution is -0.145. The second-order valence-electron chi connectivity index (χ2n) is 3.26. The quantitative estimate of drug-likeness (QED) is 0.640. The molecular formula is C10H18O4. The molecule has 1 atom stereocenters. The molecule has 0 bridgehead atoms. The highest BCUT2D eigenvalue weighted by molar-refractivity contribution is 5.72. The van der Waals surface area contributed by atoms with Gasteiger partial charge in [-0.1, -0.05) is 13.3 Å². The average molecular weight is 202 g/mol. The van der Waals surface area contributed by atoms with Crippen LogP contribution in [0.2, 0.25) is 0 Å². The van der Waals surface area contributed by atoms with E-state index in [1.54, 1.807) is 6.92 Å². The molecular weight excluding hydrogens is 184 g/mol. The Labute approximate surface area is 84.3 Å². The fourth-order valence-corrected chi connectivity index (χ4v) is 1.39. The number of hydrogen-bond donors (Lipinski definition) is 1. The molecule has 0 saturated carbocycles. The highest BCUT2D eigenvalue weighted by atomic mass is 16.5. The Morgan fingerprint density at radius 1 is 1.29 bits per heavy atom. The molecule has 1 unspecified atom stereocenters. The molecule has 0 aromatic rings. The molecule has 0 aromatic heterocycles. The fourth-order valence-electron chi connectivity index (χ4n) is 1.39. The summed E-state index contributed by atoms with van der Waals surface area (Å²) in [6, 6.07) is 0. The molecule has 1 N–H and O–H groups in total. The van der Waals surface area contributed by atoms with Gasteiger partial charge in [0.15, 0.2) is 0 Å². The standard InChI is InChI=1S/C10H18O4/c1-3-5-8(6-9(11)12)7-10(13)14-4-2/h8H,3-7H2,1-2H3,(H,11,12). The molecule has 82 valence electrons. The Kier molecular flexibility index (Phi) is 6.80. The van der Waals surface area contributed by atoms with Crippen LogP contribution >= 0.6 is 0 Å². The number of carboxylic acids is 1. The van der Waals surface area contributed by atoms with Gasteiger partial charge in [-0.05, 0) is 19.3 Å². The molecule has 0 fully saturated rings. The Morgan fingerprint density at radius 2 is 1.93 bits per heavy atom. The van der Waals surface area contributed by atoms with Crippen LogP contribution in [0, 0.1) is 5.92 Å². The van der Waals surface area contributed by atoms with E-state index in [2.05, 4.69) is 0 Å². The fraction of sp³-hybridized carbons (Fsp3) is 0.800. The smallest absolute Gasteiger partial charge is 0.306 e. The third kappa shape index (κ3) is 6.46. The Hall–Kier alpha value is -1.06. The highest BCUT2D eigenvalue weighted by Gasteiger charge is 2.16. The van der Waals surface area contributed by atoms with Gasteiger partial charge in [0, 0.05) is 12.8 Å². The van der Waals surface area contributed by atoms with Crippen molar-refractivity contribution in [1.29, 1.82) is 0 Å². The van der Waals surface area contributed by atoms with Crippen molar-refractivity contribution >= 4 is 11.9 Å². The van der Waals surface area contributed by atoms with Crippen LogP contribution < -0.4 is 0 Å². The summed E-state index contributed by atoms with van der Waals surface area (Å²) in [5.74, 6) is -1.24. The first-order chi connectivity index (χ1) is 6.60. The molecule has 0 rings (SSSR count). The number of esters is 1. The first-order valence-corrected chi connectivity index (χ1v) is 4.97. The summed E-state index contributed by atoms with van der Waals surface area (Å²) in [5.41, 5.74) is 0. The average Bonchev–Trinajstić information content (AvgIpc) is 2.03. The molecule has 4 nitrogen and oxygen atoms in total. The highest BCUT2D eigenvalue weighted by Crippen LogP contribution is 2.16. The zero-order valence-electron chi connectivity index (χ0n) is 8.78. The monoisotopic (exact) mass is 202 g/mol. The topological polar surface area (TPSA) is 63.6 Å². The van der Waals surface area contributed by atoms with Gasteiger partial charge in [0.25, 0.3) is 0 Å². The van der Waals surface area contributed by atoms with Crippen molar-refractivity contribution in [3.05, 3.63) is 0 Å².